The first-order valence-electron chi connectivity index (χ1n) is 6.89. The van der Waals surface area contributed by atoms with Crippen LogP contribution in [0.15, 0.2) is 30.3 Å². The monoisotopic (exact) mass is 310 g/mol. The molecule has 0 unspecified atom stereocenters. The lowest BCUT2D eigenvalue weighted by Gasteiger charge is -2.53. The van der Waals surface area contributed by atoms with E-state index in [2.05, 4.69) is 53.2 Å². The molecule has 1 aromatic rings. The van der Waals surface area contributed by atoms with Crippen LogP contribution >= 0.6 is 15.9 Å². The normalized spacial score (nSPS) is 31.1. The lowest BCUT2D eigenvalue weighted by atomic mass is 9.58. The van der Waals surface area contributed by atoms with Gasteiger partial charge in [0.15, 0.2) is 0 Å². The number of aryl methyl sites for hydroxylation is 1. The van der Waals surface area contributed by atoms with E-state index in [1.807, 2.05) is 0 Å². The molecule has 0 amide bonds. The van der Waals surface area contributed by atoms with Crippen molar-refractivity contribution in [2.75, 3.05) is 13.7 Å². The van der Waals surface area contributed by atoms with E-state index in [0.29, 0.717) is 16.2 Å². The van der Waals surface area contributed by atoms with Gasteiger partial charge < -0.3 is 4.74 Å². The van der Waals surface area contributed by atoms with E-state index in [9.17, 15) is 0 Å². The molecule has 1 aliphatic carbocycles. The molecule has 0 heterocycles. The third-order valence-electron chi connectivity index (χ3n) is 4.51. The van der Waals surface area contributed by atoms with Crippen LogP contribution in [0.5, 0.6) is 0 Å². The van der Waals surface area contributed by atoms with Crippen molar-refractivity contribution in [3.8, 4) is 0 Å². The summed E-state index contributed by atoms with van der Waals surface area (Å²) in [4.78, 5) is 0.624. The molecule has 100 valence electrons. The lowest BCUT2D eigenvalue weighted by Crippen LogP contribution is -2.50. The van der Waals surface area contributed by atoms with Crippen molar-refractivity contribution in [2.45, 2.75) is 37.4 Å². The molecular weight excluding hydrogens is 288 g/mol. The van der Waals surface area contributed by atoms with Crippen LogP contribution in [0.3, 0.4) is 0 Å². The second kappa shape index (κ2) is 6.21. The summed E-state index contributed by atoms with van der Waals surface area (Å²) in [7, 11) is 1.80. The largest absolute Gasteiger partial charge is 0.384 e. The minimum Gasteiger partial charge on any atom is -0.384 e. The Bertz CT molecular complexity index is 365. The number of rotatable bonds is 6. The number of ether oxygens (including phenoxy) is 1. The number of hydrogen-bond donors (Lipinski definition) is 0. The summed E-state index contributed by atoms with van der Waals surface area (Å²) in [5.74, 6) is 0.700. The zero-order valence-electron chi connectivity index (χ0n) is 11.4. The van der Waals surface area contributed by atoms with Crippen molar-refractivity contribution in [1.29, 1.82) is 0 Å². The van der Waals surface area contributed by atoms with Crippen LogP contribution < -0.4 is 0 Å². The smallest absolute Gasteiger partial charge is 0.0501 e. The molecule has 1 nitrogen and oxygen atoms in total. The highest BCUT2D eigenvalue weighted by Crippen LogP contribution is 2.55. The second-order valence-corrected chi connectivity index (χ2v) is 6.51. The maximum Gasteiger partial charge on any atom is 0.0501 e. The van der Waals surface area contributed by atoms with Crippen LogP contribution in [0, 0.1) is 11.3 Å². The van der Waals surface area contributed by atoms with E-state index in [0.717, 1.165) is 6.61 Å². The first kappa shape index (κ1) is 14.1. The van der Waals surface area contributed by atoms with Crippen LogP contribution in [0.25, 0.3) is 0 Å². The van der Waals surface area contributed by atoms with Crippen LogP contribution in [-0.4, -0.2) is 18.5 Å². The van der Waals surface area contributed by atoms with Gasteiger partial charge in [-0.25, -0.2) is 0 Å². The zero-order chi connectivity index (χ0) is 13.0. The molecular formula is C16H23BrO. The summed E-state index contributed by atoms with van der Waals surface area (Å²) in [6, 6.07) is 10.8. The number of halogens is 1. The van der Waals surface area contributed by atoms with Crippen molar-refractivity contribution in [1.82, 2.24) is 0 Å². The van der Waals surface area contributed by atoms with Gasteiger partial charge in [-0.1, -0.05) is 53.2 Å². The fraction of sp³-hybridized carbons (Fsp3) is 0.625. The summed E-state index contributed by atoms with van der Waals surface area (Å²) in [5.41, 5.74) is 1.94. The Morgan fingerprint density at radius 1 is 1.33 bits per heavy atom. The first-order chi connectivity index (χ1) is 8.72. The highest BCUT2D eigenvalue weighted by atomic mass is 79.9. The first-order valence-corrected chi connectivity index (χ1v) is 7.80. The summed E-state index contributed by atoms with van der Waals surface area (Å²) in [6.45, 7) is 3.21. The van der Waals surface area contributed by atoms with E-state index < -0.39 is 0 Å². The van der Waals surface area contributed by atoms with E-state index in [-0.39, 0.29) is 0 Å². The average molecular weight is 311 g/mol. The molecule has 1 aliphatic rings. The number of benzene rings is 1. The van der Waals surface area contributed by atoms with Crippen LogP contribution in [0.1, 0.15) is 31.7 Å². The Balaban J connectivity index is 1.91. The summed E-state index contributed by atoms with van der Waals surface area (Å²) in [6.07, 6.45) is 5.04. The second-order valence-electron chi connectivity index (χ2n) is 5.52. The fourth-order valence-corrected chi connectivity index (χ4v) is 4.31. The molecule has 0 spiro atoms. The molecule has 0 bridgehead atoms. The number of hydrogen-bond acceptors (Lipinski definition) is 1. The summed E-state index contributed by atoms with van der Waals surface area (Å²) < 4.78 is 5.29. The molecule has 0 saturated heterocycles. The molecule has 0 N–H and O–H groups in total. The predicted molar refractivity (Wildman–Crippen MR) is 80.2 cm³/mol. The van der Waals surface area contributed by atoms with Crippen LogP contribution in [0.4, 0.5) is 0 Å². The maximum absolute atomic E-state index is 5.29. The Morgan fingerprint density at radius 3 is 2.61 bits per heavy atom. The van der Waals surface area contributed by atoms with Gasteiger partial charge in [0.05, 0.1) is 6.61 Å². The molecule has 3 atom stereocenters. The third-order valence-corrected chi connectivity index (χ3v) is 6.23. The maximum atomic E-state index is 5.29. The molecule has 0 radical (unpaired) electrons. The Morgan fingerprint density at radius 2 is 2.06 bits per heavy atom. The minimum absolute atomic E-state index is 0.485. The lowest BCUT2D eigenvalue weighted by molar-refractivity contribution is 0.00626. The molecule has 2 rings (SSSR count). The Hall–Kier alpha value is -0.340. The number of methoxy groups -OCH3 is 1. The van der Waals surface area contributed by atoms with Gasteiger partial charge in [0.2, 0.25) is 0 Å². The van der Waals surface area contributed by atoms with E-state index in [4.69, 9.17) is 4.74 Å². The quantitative estimate of drug-likeness (QED) is 0.706. The molecule has 18 heavy (non-hydrogen) atoms. The highest BCUT2D eigenvalue weighted by Gasteiger charge is 2.50. The molecule has 1 fully saturated rings. The van der Waals surface area contributed by atoms with Gasteiger partial charge in [-0.15, -0.1) is 0 Å². The van der Waals surface area contributed by atoms with Crippen LogP contribution in [0.2, 0.25) is 0 Å². The predicted octanol–water partition coefficient (Wildman–Crippen LogP) is 4.45. The molecule has 0 aromatic heterocycles. The minimum atomic E-state index is 0.485. The number of alkyl halides is 1. The summed E-state index contributed by atoms with van der Waals surface area (Å²) in [5, 5.41) is 0. The van der Waals surface area contributed by atoms with E-state index >= 15 is 0 Å². The van der Waals surface area contributed by atoms with Gasteiger partial charge >= 0.3 is 0 Å². The summed E-state index contributed by atoms with van der Waals surface area (Å²) >= 11 is 3.90. The highest BCUT2D eigenvalue weighted by molar-refractivity contribution is 9.09. The van der Waals surface area contributed by atoms with Gasteiger partial charge in [0.1, 0.15) is 0 Å². The van der Waals surface area contributed by atoms with Crippen molar-refractivity contribution < 1.29 is 4.74 Å². The molecule has 1 aromatic carbocycles. The van der Waals surface area contributed by atoms with Gasteiger partial charge in [-0.2, -0.15) is 0 Å². The van der Waals surface area contributed by atoms with Gasteiger partial charge in [-0.3, -0.25) is 0 Å². The third kappa shape index (κ3) is 2.80. The topological polar surface area (TPSA) is 9.23 Å². The molecule has 2 heteroatoms. The van der Waals surface area contributed by atoms with Crippen LogP contribution in [-0.2, 0) is 11.2 Å². The van der Waals surface area contributed by atoms with E-state index in [1.165, 1.54) is 31.2 Å². The van der Waals surface area contributed by atoms with Gasteiger partial charge in [-0.05, 0) is 42.6 Å². The SMILES string of the molecule is CC[C@]1(CCc2ccccc2)C[C@@H](COC)[C@@H]1Br. The van der Waals surface area contributed by atoms with Gasteiger partial charge in [0.25, 0.3) is 0 Å². The van der Waals surface area contributed by atoms with Gasteiger partial charge in [0, 0.05) is 11.9 Å². The zero-order valence-corrected chi connectivity index (χ0v) is 12.9. The van der Waals surface area contributed by atoms with Crippen molar-refractivity contribution in [3.63, 3.8) is 0 Å². The van der Waals surface area contributed by atoms with Crippen molar-refractivity contribution in [3.05, 3.63) is 35.9 Å². The van der Waals surface area contributed by atoms with Crippen molar-refractivity contribution in [2.24, 2.45) is 11.3 Å². The fourth-order valence-electron chi connectivity index (χ4n) is 3.23. The standard InChI is InChI=1S/C16H23BrO/c1-3-16(11-14(12-18-2)15(16)17)10-9-13-7-5-4-6-8-13/h4-8,14-15H,3,9-12H2,1-2H3/t14-,15-,16-/m0/s1. The Labute approximate surface area is 119 Å². The Kier molecular flexibility index (Phi) is 4.85. The average Bonchev–Trinajstić information content (AvgIpc) is 2.43. The molecule has 0 aliphatic heterocycles. The molecule has 1 saturated carbocycles. The van der Waals surface area contributed by atoms with E-state index in [1.54, 1.807) is 7.11 Å². The van der Waals surface area contributed by atoms with Crippen molar-refractivity contribution >= 4 is 15.9 Å².